The molecule has 2 aromatic heterocycles. The van der Waals surface area contributed by atoms with Crippen LogP contribution in [0.5, 0.6) is 0 Å². The number of carbonyl (C=O) groups excluding carboxylic acids is 1. The van der Waals surface area contributed by atoms with E-state index in [0.717, 1.165) is 16.8 Å². The summed E-state index contributed by atoms with van der Waals surface area (Å²) >= 11 is 1.42. The molecule has 25 heavy (non-hydrogen) atoms. The summed E-state index contributed by atoms with van der Waals surface area (Å²) in [7, 11) is 0. The third-order valence-electron chi connectivity index (χ3n) is 4.71. The molecule has 5 rings (SSSR count). The van der Waals surface area contributed by atoms with Crippen LogP contribution in [0.25, 0.3) is 11.4 Å². The van der Waals surface area contributed by atoms with Crippen molar-refractivity contribution in [3.8, 4) is 11.4 Å². The van der Waals surface area contributed by atoms with Gasteiger partial charge in [-0.25, -0.2) is 15.0 Å². The van der Waals surface area contributed by atoms with Crippen LogP contribution < -0.4 is 0 Å². The predicted octanol–water partition coefficient (Wildman–Crippen LogP) is 2.48. The summed E-state index contributed by atoms with van der Waals surface area (Å²) in [5, 5.41) is 1.77. The van der Waals surface area contributed by atoms with Gasteiger partial charge in [-0.2, -0.15) is 0 Å². The zero-order valence-electron chi connectivity index (χ0n) is 13.3. The summed E-state index contributed by atoms with van der Waals surface area (Å²) in [5.74, 6) is 0.653. The molecule has 1 fully saturated rings. The Bertz CT molecular complexity index is 937. The highest BCUT2D eigenvalue weighted by molar-refractivity contribution is 7.07. The van der Waals surface area contributed by atoms with Crippen molar-refractivity contribution in [3.05, 3.63) is 64.4 Å². The van der Waals surface area contributed by atoms with Crippen molar-refractivity contribution in [2.24, 2.45) is 0 Å². The number of thiazole rings is 1. The quantitative estimate of drug-likeness (QED) is 0.710. The summed E-state index contributed by atoms with van der Waals surface area (Å²) in [6, 6.07) is 9.89. The Morgan fingerprint density at radius 1 is 1.20 bits per heavy atom. The minimum atomic E-state index is -0.462. The van der Waals surface area contributed by atoms with Gasteiger partial charge in [-0.05, 0) is 0 Å². The van der Waals surface area contributed by atoms with Crippen LogP contribution in [-0.2, 0) is 16.9 Å². The van der Waals surface area contributed by atoms with E-state index in [0.29, 0.717) is 31.2 Å². The molecule has 0 unspecified atom stereocenters. The van der Waals surface area contributed by atoms with Gasteiger partial charge < -0.3 is 9.64 Å². The standard InChI is InChI=1S/C18H14N4O2S/c23-17(15-8-25-11-20-15)22-9-18(10-22)13-6-19-16(21-14(13)7-24-18)12-4-2-1-3-5-12/h1-6,8,11H,7,9-10H2. The number of hydrogen-bond donors (Lipinski definition) is 0. The van der Waals surface area contributed by atoms with Gasteiger partial charge in [0, 0.05) is 22.7 Å². The van der Waals surface area contributed by atoms with Gasteiger partial charge in [0.1, 0.15) is 11.3 Å². The minimum absolute atomic E-state index is 0.0502. The summed E-state index contributed by atoms with van der Waals surface area (Å²) in [4.78, 5) is 27.4. The van der Waals surface area contributed by atoms with E-state index in [1.807, 2.05) is 36.5 Å². The number of aromatic nitrogens is 3. The van der Waals surface area contributed by atoms with E-state index in [1.54, 1.807) is 15.8 Å². The van der Waals surface area contributed by atoms with Gasteiger partial charge in [0.15, 0.2) is 5.82 Å². The highest BCUT2D eigenvalue weighted by Gasteiger charge is 2.52. The van der Waals surface area contributed by atoms with Crippen molar-refractivity contribution in [2.45, 2.75) is 12.2 Å². The Labute approximate surface area is 148 Å². The van der Waals surface area contributed by atoms with E-state index < -0.39 is 5.60 Å². The second-order valence-corrected chi connectivity index (χ2v) is 6.96. The van der Waals surface area contributed by atoms with Crippen molar-refractivity contribution in [1.29, 1.82) is 0 Å². The van der Waals surface area contributed by atoms with Crippen LogP contribution in [0.2, 0.25) is 0 Å². The molecule has 2 aliphatic heterocycles. The minimum Gasteiger partial charge on any atom is -0.360 e. The molecule has 0 aliphatic carbocycles. The van der Waals surface area contributed by atoms with Crippen molar-refractivity contribution < 1.29 is 9.53 Å². The fourth-order valence-corrected chi connectivity index (χ4v) is 3.90. The third kappa shape index (κ3) is 2.27. The van der Waals surface area contributed by atoms with Crippen LogP contribution in [0, 0.1) is 0 Å². The van der Waals surface area contributed by atoms with E-state index in [2.05, 4.69) is 15.0 Å². The maximum atomic E-state index is 12.4. The first-order chi connectivity index (χ1) is 12.3. The third-order valence-corrected chi connectivity index (χ3v) is 5.29. The summed E-state index contributed by atoms with van der Waals surface area (Å²) in [5.41, 5.74) is 4.59. The first-order valence-electron chi connectivity index (χ1n) is 7.98. The van der Waals surface area contributed by atoms with Crippen molar-refractivity contribution >= 4 is 17.2 Å². The second kappa shape index (κ2) is 5.44. The average molecular weight is 350 g/mol. The Balaban J connectivity index is 1.39. The molecule has 1 saturated heterocycles. The fraction of sp³-hybridized carbons (Fsp3) is 0.222. The molecule has 6 nitrogen and oxygen atoms in total. The molecular weight excluding hydrogens is 336 g/mol. The molecule has 1 amide bonds. The number of ether oxygens (including phenoxy) is 1. The Hall–Kier alpha value is -2.64. The second-order valence-electron chi connectivity index (χ2n) is 6.24. The Morgan fingerprint density at radius 2 is 2.04 bits per heavy atom. The number of nitrogens with zero attached hydrogens (tertiary/aromatic N) is 4. The molecule has 0 atom stereocenters. The first kappa shape index (κ1) is 14.7. The van der Waals surface area contributed by atoms with Crippen LogP contribution in [0.4, 0.5) is 0 Å². The lowest BCUT2D eigenvalue weighted by Gasteiger charge is -2.46. The molecule has 4 heterocycles. The highest BCUT2D eigenvalue weighted by atomic mass is 32.1. The lowest BCUT2D eigenvalue weighted by molar-refractivity contribution is -0.126. The predicted molar refractivity (Wildman–Crippen MR) is 92.0 cm³/mol. The number of likely N-dealkylation sites (tertiary alicyclic amines) is 1. The van der Waals surface area contributed by atoms with Crippen molar-refractivity contribution in [2.75, 3.05) is 13.1 Å². The Kier molecular flexibility index (Phi) is 3.19. The fourth-order valence-electron chi connectivity index (χ4n) is 3.37. The SMILES string of the molecule is O=C(c1cscn1)N1CC2(C1)OCc1nc(-c3ccccc3)ncc12. The highest BCUT2D eigenvalue weighted by Crippen LogP contribution is 2.43. The van der Waals surface area contributed by atoms with E-state index in [-0.39, 0.29) is 5.91 Å². The average Bonchev–Trinajstić information content (AvgIpc) is 3.28. The molecule has 3 aromatic rings. The zero-order chi connectivity index (χ0) is 16.9. The smallest absolute Gasteiger partial charge is 0.273 e. The maximum Gasteiger partial charge on any atom is 0.273 e. The van der Waals surface area contributed by atoms with E-state index >= 15 is 0 Å². The monoisotopic (exact) mass is 350 g/mol. The van der Waals surface area contributed by atoms with Crippen LogP contribution >= 0.6 is 11.3 Å². The maximum absolute atomic E-state index is 12.4. The van der Waals surface area contributed by atoms with E-state index in [4.69, 9.17) is 4.74 Å². The summed E-state index contributed by atoms with van der Waals surface area (Å²) in [6.07, 6.45) is 1.85. The number of carbonyl (C=O) groups is 1. The van der Waals surface area contributed by atoms with Crippen LogP contribution in [0.15, 0.2) is 47.4 Å². The molecule has 1 aromatic carbocycles. The summed E-state index contributed by atoms with van der Waals surface area (Å²) < 4.78 is 6.02. The number of hydrogen-bond acceptors (Lipinski definition) is 6. The van der Waals surface area contributed by atoms with Gasteiger partial charge in [0.05, 0.1) is 30.9 Å². The number of rotatable bonds is 2. The zero-order valence-corrected chi connectivity index (χ0v) is 14.1. The van der Waals surface area contributed by atoms with Crippen LogP contribution in [0.3, 0.4) is 0 Å². The van der Waals surface area contributed by atoms with E-state index in [9.17, 15) is 4.79 Å². The van der Waals surface area contributed by atoms with Crippen molar-refractivity contribution in [1.82, 2.24) is 19.9 Å². The number of fused-ring (bicyclic) bond motifs is 2. The Morgan fingerprint density at radius 3 is 2.80 bits per heavy atom. The van der Waals surface area contributed by atoms with Gasteiger partial charge in [-0.15, -0.1) is 11.3 Å². The molecule has 124 valence electrons. The molecule has 1 spiro atoms. The normalized spacial score (nSPS) is 17.4. The number of amides is 1. The molecule has 2 aliphatic rings. The molecule has 7 heteroatoms. The molecule has 0 N–H and O–H groups in total. The molecular formula is C18H14N4O2S. The summed E-state index contributed by atoms with van der Waals surface area (Å²) in [6.45, 7) is 1.49. The van der Waals surface area contributed by atoms with Crippen molar-refractivity contribution in [3.63, 3.8) is 0 Å². The van der Waals surface area contributed by atoms with E-state index in [1.165, 1.54) is 11.3 Å². The first-order valence-corrected chi connectivity index (χ1v) is 8.93. The lowest BCUT2D eigenvalue weighted by atomic mass is 9.87. The molecule has 0 radical (unpaired) electrons. The van der Waals surface area contributed by atoms with Gasteiger partial charge in [0.2, 0.25) is 0 Å². The lowest BCUT2D eigenvalue weighted by Crippen LogP contribution is -2.61. The van der Waals surface area contributed by atoms with Crippen LogP contribution in [-0.4, -0.2) is 38.8 Å². The molecule has 0 saturated carbocycles. The topological polar surface area (TPSA) is 68.2 Å². The van der Waals surface area contributed by atoms with Crippen LogP contribution in [0.1, 0.15) is 21.7 Å². The van der Waals surface area contributed by atoms with Gasteiger partial charge >= 0.3 is 0 Å². The van der Waals surface area contributed by atoms with Gasteiger partial charge in [0.25, 0.3) is 5.91 Å². The van der Waals surface area contributed by atoms with Gasteiger partial charge in [-0.3, -0.25) is 4.79 Å². The number of benzene rings is 1. The molecule has 0 bridgehead atoms. The van der Waals surface area contributed by atoms with Gasteiger partial charge in [-0.1, -0.05) is 30.3 Å². The largest absolute Gasteiger partial charge is 0.360 e.